The van der Waals surface area contributed by atoms with Crippen LogP contribution in [0.15, 0.2) is 42.5 Å². The summed E-state index contributed by atoms with van der Waals surface area (Å²) in [5, 5.41) is 4.36. The Labute approximate surface area is 171 Å². The Kier molecular flexibility index (Phi) is 5.75. The number of rotatable bonds is 5. The molecule has 0 bridgehead atoms. The fraction of sp³-hybridized carbons (Fsp3) is 0.300. The fourth-order valence-electron chi connectivity index (χ4n) is 3.26. The molecule has 0 aliphatic carbocycles. The van der Waals surface area contributed by atoms with Gasteiger partial charge in [0.2, 0.25) is 0 Å². The average Bonchev–Trinajstić information content (AvgIpc) is 3.14. The van der Waals surface area contributed by atoms with E-state index in [9.17, 15) is 9.18 Å². The van der Waals surface area contributed by atoms with Crippen molar-refractivity contribution in [1.82, 2.24) is 15.2 Å². The number of carbonyl (C=O) groups excluding carboxylic acids is 1. The highest BCUT2D eigenvalue weighted by molar-refractivity contribution is 7.22. The minimum absolute atomic E-state index is 0.113. The summed E-state index contributed by atoms with van der Waals surface area (Å²) in [6.45, 7) is 4.80. The van der Waals surface area contributed by atoms with Gasteiger partial charge in [-0.1, -0.05) is 35.1 Å². The highest BCUT2D eigenvalue weighted by Crippen LogP contribution is 2.30. The van der Waals surface area contributed by atoms with Crippen LogP contribution in [0.4, 0.5) is 9.52 Å². The maximum absolute atomic E-state index is 13.9. The van der Waals surface area contributed by atoms with Crippen LogP contribution in [0.3, 0.4) is 0 Å². The van der Waals surface area contributed by atoms with Crippen LogP contribution >= 0.6 is 22.9 Å². The van der Waals surface area contributed by atoms with Crippen LogP contribution in [0.5, 0.6) is 0 Å². The molecule has 28 heavy (non-hydrogen) atoms. The van der Waals surface area contributed by atoms with E-state index in [2.05, 4.69) is 20.1 Å². The lowest BCUT2D eigenvalue weighted by atomic mass is 10.2. The van der Waals surface area contributed by atoms with Gasteiger partial charge in [0.25, 0.3) is 5.91 Å². The molecule has 0 unspecified atom stereocenters. The summed E-state index contributed by atoms with van der Waals surface area (Å²) in [5.41, 5.74) is 1.02. The molecule has 0 spiro atoms. The molecule has 1 aliphatic rings. The van der Waals surface area contributed by atoms with Crippen LogP contribution < -0.4 is 10.2 Å². The second kappa shape index (κ2) is 8.43. The van der Waals surface area contributed by atoms with Gasteiger partial charge in [-0.25, -0.2) is 9.37 Å². The molecule has 5 nitrogen and oxygen atoms in total. The van der Waals surface area contributed by atoms with Gasteiger partial charge >= 0.3 is 0 Å². The Hall–Kier alpha value is -2.22. The van der Waals surface area contributed by atoms with Gasteiger partial charge in [-0.3, -0.25) is 9.69 Å². The van der Waals surface area contributed by atoms with Crippen LogP contribution in [-0.2, 0) is 0 Å². The molecule has 0 radical (unpaired) electrons. The number of amides is 1. The molecule has 1 N–H and O–H groups in total. The number of halogens is 2. The van der Waals surface area contributed by atoms with Gasteiger partial charge in [-0.05, 0) is 30.3 Å². The second-order valence-electron chi connectivity index (χ2n) is 6.68. The first-order valence-corrected chi connectivity index (χ1v) is 10.4. The van der Waals surface area contributed by atoms with Crippen molar-refractivity contribution in [3.63, 3.8) is 0 Å². The number of hydrogen-bond acceptors (Lipinski definition) is 5. The van der Waals surface area contributed by atoms with E-state index in [1.165, 1.54) is 17.4 Å². The molecule has 146 valence electrons. The molecule has 3 aromatic rings. The predicted molar refractivity (Wildman–Crippen MR) is 112 cm³/mol. The second-order valence-corrected chi connectivity index (χ2v) is 8.12. The predicted octanol–water partition coefficient (Wildman–Crippen LogP) is 3.64. The van der Waals surface area contributed by atoms with Crippen molar-refractivity contribution in [3.05, 3.63) is 58.9 Å². The first-order chi connectivity index (χ1) is 13.6. The lowest BCUT2D eigenvalue weighted by molar-refractivity contribution is 0.0948. The third-order valence-corrected chi connectivity index (χ3v) is 6.12. The number of aromatic nitrogens is 1. The summed E-state index contributed by atoms with van der Waals surface area (Å²) >= 11 is 7.45. The SMILES string of the molecule is O=C(NCCN1CCN(c2nc3c(F)cccc3s2)CC1)c1cccc(Cl)c1. The number of nitrogens with zero attached hydrogens (tertiary/aromatic N) is 3. The number of fused-ring (bicyclic) bond motifs is 1. The standard InChI is InChI=1S/C20H20ClFN4OS/c21-15-4-1-3-14(13-15)19(27)23-7-8-25-9-11-26(12-10-25)20-24-18-16(22)5-2-6-17(18)28-20/h1-6,13H,7-12H2,(H,23,27). The molecular weight excluding hydrogens is 399 g/mol. The Bertz CT molecular complexity index is 987. The summed E-state index contributed by atoms with van der Waals surface area (Å²) in [6.07, 6.45) is 0. The van der Waals surface area contributed by atoms with Crippen molar-refractivity contribution in [2.75, 3.05) is 44.2 Å². The number of benzene rings is 2. The van der Waals surface area contributed by atoms with E-state index in [1.54, 1.807) is 30.3 Å². The lowest BCUT2D eigenvalue weighted by Crippen LogP contribution is -2.48. The first kappa shape index (κ1) is 19.1. The zero-order valence-electron chi connectivity index (χ0n) is 15.2. The highest BCUT2D eigenvalue weighted by Gasteiger charge is 2.20. The monoisotopic (exact) mass is 418 g/mol. The van der Waals surface area contributed by atoms with Gasteiger partial charge in [-0.15, -0.1) is 0 Å². The molecule has 0 atom stereocenters. The van der Waals surface area contributed by atoms with Crippen molar-refractivity contribution in [3.8, 4) is 0 Å². The number of para-hydroxylation sites is 1. The van der Waals surface area contributed by atoms with E-state index in [0.717, 1.165) is 42.6 Å². The zero-order chi connectivity index (χ0) is 19.5. The largest absolute Gasteiger partial charge is 0.351 e. The van der Waals surface area contributed by atoms with E-state index in [1.807, 2.05) is 6.07 Å². The van der Waals surface area contributed by atoms with Crippen molar-refractivity contribution in [2.24, 2.45) is 0 Å². The summed E-state index contributed by atoms with van der Waals surface area (Å²) in [7, 11) is 0. The molecule has 1 saturated heterocycles. The molecule has 1 aromatic heterocycles. The number of hydrogen-bond donors (Lipinski definition) is 1. The van der Waals surface area contributed by atoms with Crippen molar-refractivity contribution < 1.29 is 9.18 Å². The Morgan fingerprint density at radius 3 is 2.71 bits per heavy atom. The van der Waals surface area contributed by atoms with E-state index in [-0.39, 0.29) is 11.7 Å². The maximum atomic E-state index is 13.9. The fourth-order valence-corrected chi connectivity index (χ4v) is 4.48. The Balaban J connectivity index is 1.26. The molecule has 1 amide bonds. The molecule has 1 aliphatic heterocycles. The lowest BCUT2D eigenvalue weighted by Gasteiger charge is -2.34. The number of nitrogens with one attached hydrogen (secondary N) is 1. The molecule has 4 rings (SSSR count). The normalized spacial score (nSPS) is 15.1. The topological polar surface area (TPSA) is 48.5 Å². The summed E-state index contributed by atoms with van der Waals surface area (Å²) in [4.78, 5) is 21.1. The summed E-state index contributed by atoms with van der Waals surface area (Å²) in [6, 6.07) is 12.0. The molecule has 1 fully saturated rings. The highest BCUT2D eigenvalue weighted by atomic mass is 35.5. The number of anilines is 1. The van der Waals surface area contributed by atoms with E-state index in [0.29, 0.717) is 22.6 Å². The number of carbonyl (C=O) groups is 1. The maximum Gasteiger partial charge on any atom is 0.251 e. The summed E-state index contributed by atoms with van der Waals surface area (Å²) < 4.78 is 14.7. The molecule has 8 heteroatoms. The average molecular weight is 419 g/mol. The quantitative estimate of drug-likeness (QED) is 0.687. The van der Waals surface area contributed by atoms with Crippen molar-refractivity contribution in [1.29, 1.82) is 0 Å². The molecule has 2 heterocycles. The van der Waals surface area contributed by atoms with E-state index < -0.39 is 0 Å². The van der Waals surface area contributed by atoms with Crippen LogP contribution in [0, 0.1) is 5.82 Å². The van der Waals surface area contributed by atoms with Crippen LogP contribution in [-0.4, -0.2) is 55.1 Å². The Morgan fingerprint density at radius 2 is 1.96 bits per heavy atom. The van der Waals surface area contributed by atoms with Gasteiger partial charge in [0.1, 0.15) is 11.3 Å². The third-order valence-electron chi connectivity index (χ3n) is 4.80. The number of thiazole rings is 1. The molecule has 0 saturated carbocycles. The van der Waals surface area contributed by atoms with Crippen LogP contribution in [0.1, 0.15) is 10.4 Å². The van der Waals surface area contributed by atoms with Crippen LogP contribution in [0.2, 0.25) is 5.02 Å². The van der Waals surface area contributed by atoms with Crippen LogP contribution in [0.25, 0.3) is 10.2 Å². The van der Waals surface area contributed by atoms with Gasteiger partial charge in [0.15, 0.2) is 5.13 Å². The first-order valence-electron chi connectivity index (χ1n) is 9.16. The van der Waals surface area contributed by atoms with Crippen molar-refractivity contribution >= 4 is 44.2 Å². The minimum Gasteiger partial charge on any atom is -0.351 e. The van der Waals surface area contributed by atoms with Gasteiger partial charge in [0, 0.05) is 49.9 Å². The number of piperazine rings is 1. The van der Waals surface area contributed by atoms with E-state index in [4.69, 9.17) is 11.6 Å². The summed E-state index contributed by atoms with van der Waals surface area (Å²) in [5.74, 6) is -0.383. The van der Waals surface area contributed by atoms with Gasteiger partial charge < -0.3 is 10.2 Å². The molecular formula is C20H20ClFN4OS. The minimum atomic E-state index is -0.269. The van der Waals surface area contributed by atoms with Gasteiger partial charge in [0.05, 0.1) is 4.70 Å². The zero-order valence-corrected chi connectivity index (χ0v) is 16.8. The third kappa shape index (κ3) is 4.27. The molecule has 2 aromatic carbocycles. The Morgan fingerprint density at radius 1 is 1.18 bits per heavy atom. The van der Waals surface area contributed by atoms with Crippen molar-refractivity contribution in [2.45, 2.75) is 0 Å². The van der Waals surface area contributed by atoms with Gasteiger partial charge in [-0.2, -0.15) is 0 Å². The van der Waals surface area contributed by atoms with E-state index >= 15 is 0 Å². The smallest absolute Gasteiger partial charge is 0.251 e.